The van der Waals surface area contributed by atoms with Gasteiger partial charge in [0.1, 0.15) is 5.75 Å². The van der Waals surface area contributed by atoms with Crippen LogP contribution in [0.3, 0.4) is 0 Å². The fraction of sp³-hybridized carbons (Fsp3) is 0.300. The van der Waals surface area contributed by atoms with E-state index in [1.54, 1.807) is 0 Å². The van der Waals surface area contributed by atoms with Crippen LogP contribution in [-0.4, -0.2) is 11.2 Å². The Morgan fingerprint density at radius 2 is 1.77 bits per heavy atom. The van der Waals surface area contributed by atoms with E-state index in [1.807, 2.05) is 0 Å². The van der Waals surface area contributed by atoms with Crippen LogP contribution in [0.25, 0.3) is 22.2 Å². The Kier molecular flexibility index (Phi) is 3.38. The van der Waals surface area contributed by atoms with Crippen molar-refractivity contribution in [3.8, 4) is 17.0 Å². The van der Waals surface area contributed by atoms with Crippen molar-refractivity contribution in [2.24, 2.45) is 7.05 Å². The first-order valence-corrected chi connectivity index (χ1v) is 8.15. The highest BCUT2D eigenvalue weighted by Crippen LogP contribution is 2.39. The summed E-state index contributed by atoms with van der Waals surface area (Å²) in [5, 5.41) is 1.31. The second-order valence-corrected chi connectivity index (χ2v) is 6.06. The minimum Gasteiger partial charge on any atom is -0.493 e. The van der Waals surface area contributed by atoms with E-state index >= 15 is 0 Å². The fourth-order valence-electron chi connectivity index (χ4n) is 3.63. The molecule has 22 heavy (non-hydrogen) atoms. The van der Waals surface area contributed by atoms with Gasteiger partial charge in [-0.1, -0.05) is 36.4 Å². The standard InChI is InChI=1S/C20H21NO/c1-21-17-12-8-13-18-19(17)16(11-6-3-7-14-22-18)20(21)15-9-4-2-5-10-15/h2,4-5,8-10,12-13H,3,6-7,11,14H2,1H3. The molecule has 1 aromatic heterocycles. The Morgan fingerprint density at radius 1 is 0.909 bits per heavy atom. The number of ether oxygens (including phenoxy) is 1. The molecular formula is C20H21NO. The topological polar surface area (TPSA) is 14.2 Å². The highest BCUT2D eigenvalue weighted by atomic mass is 16.5. The Hall–Kier alpha value is -2.22. The number of benzene rings is 2. The molecule has 2 nitrogen and oxygen atoms in total. The average molecular weight is 291 g/mol. The summed E-state index contributed by atoms with van der Waals surface area (Å²) >= 11 is 0. The van der Waals surface area contributed by atoms with Gasteiger partial charge in [-0.3, -0.25) is 0 Å². The van der Waals surface area contributed by atoms with Crippen molar-refractivity contribution in [1.82, 2.24) is 4.57 Å². The van der Waals surface area contributed by atoms with E-state index in [1.165, 1.54) is 40.6 Å². The zero-order valence-corrected chi connectivity index (χ0v) is 13.0. The first-order valence-electron chi connectivity index (χ1n) is 8.15. The Labute approximate surface area is 131 Å². The average Bonchev–Trinajstić information content (AvgIpc) is 2.89. The van der Waals surface area contributed by atoms with Crippen LogP contribution in [0.2, 0.25) is 0 Å². The van der Waals surface area contributed by atoms with Crippen LogP contribution in [-0.2, 0) is 13.5 Å². The van der Waals surface area contributed by atoms with Crippen LogP contribution >= 0.6 is 0 Å². The van der Waals surface area contributed by atoms with Gasteiger partial charge in [0.05, 0.1) is 17.8 Å². The van der Waals surface area contributed by atoms with Crippen molar-refractivity contribution in [3.05, 3.63) is 54.1 Å². The second-order valence-electron chi connectivity index (χ2n) is 6.06. The van der Waals surface area contributed by atoms with Gasteiger partial charge in [0.15, 0.2) is 0 Å². The number of aryl methyl sites for hydroxylation is 2. The van der Waals surface area contributed by atoms with Gasteiger partial charge in [-0.25, -0.2) is 0 Å². The van der Waals surface area contributed by atoms with Gasteiger partial charge in [0.25, 0.3) is 0 Å². The molecule has 0 amide bonds. The lowest BCUT2D eigenvalue weighted by atomic mass is 10.00. The quantitative estimate of drug-likeness (QED) is 0.618. The predicted octanol–water partition coefficient (Wildman–Crippen LogP) is 4.95. The summed E-state index contributed by atoms with van der Waals surface area (Å²) in [5.41, 5.74) is 5.35. The lowest BCUT2D eigenvalue weighted by Crippen LogP contribution is -1.97. The van der Waals surface area contributed by atoms with Crippen LogP contribution in [0.4, 0.5) is 0 Å². The molecule has 0 unspecified atom stereocenters. The molecule has 0 spiro atoms. The highest BCUT2D eigenvalue weighted by Gasteiger charge is 2.20. The maximum absolute atomic E-state index is 6.07. The van der Waals surface area contributed by atoms with Crippen LogP contribution in [0, 0.1) is 0 Å². The van der Waals surface area contributed by atoms with E-state index in [9.17, 15) is 0 Å². The van der Waals surface area contributed by atoms with E-state index in [2.05, 4.69) is 60.1 Å². The Balaban J connectivity index is 2.04. The molecule has 1 aliphatic heterocycles. The molecule has 0 bridgehead atoms. The van der Waals surface area contributed by atoms with Gasteiger partial charge >= 0.3 is 0 Å². The number of aromatic nitrogens is 1. The second kappa shape index (κ2) is 5.53. The maximum atomic E-state index is 6.07. The van der Waals surface area contributed by atoms with Crippen LogP contribution in [0.5, 0.6) is 5.75 Å². The Morgan fingerprint density at radius 3 is 2.64 bits per heavy atom. The van der Waals surface area contributed by atoms with Crippen LogP contribution in [0.1, 0.15) is 24.8 Å². The van der Waals surface area contributed by atoms with Gasteiger partial charge in [0, 0.05) is 12.4 Å². The number of hydrogen-bond acceptors (Lipinski definition) is 1. The molecule has 0 aliphatic carbocycles. The normalized spacial score (nSPS) is 15.0. The minimum atomic E-state index is 0.827. The molecule has 0 radical (unpaired) electrons. The third kappa shape index (κ3) is 2.10. The van der Waals surface area contributed by atoms with Crippen molar-refractivity contribution < 1.29 is 4.74 Å². The SMILES string of the molecule is Cn1c(-c2ccccc2)c2c3c(cccc31)OCCCCC2. The first kappa shape index (κ1) is 13.4. The van der Waals surface area contributed by atoms with Gasteiger partial charge in [0.2, 0.25) is 0 Å². The summed E-state index contributed by atoms with van der Waals surface area (Å²) in [7, 11) is 2.17. The largest absolute Gasteiger partial charge is 0.493 e. The van der Waals surface area contributed by atoms with Gasteiger partial charge in [-0.15, -0.1) is 0 Å². The summed E-state index contributed by atoms with van der Waals surface area (Å²) in [6.07, 6.45) is 4.74. The molecule has 112 valence electrons. The third-order valence-electron chi connectivity index (χ3n) is 4.66. The van der Waals surface area contributed by atoms with E-state index in [4.69, 9.17) is 4.74 Å². The molecule has 2 aromatic carbocycles. The van der Waals surface area contributed by atoms with E-state index in [0.29, 0.717) is 0 Å². The maximum Gasteiger partial charge on any atom is 0.128 e. The van der Waals surface area contributed by atoms with Gasteiger partial charge < -0.3 is 9.30 Å². The van der Waals surface area contributed by atoms with Crippen LogP contribution in [0.15, 0.2) is 48.5 Å². The summed E-state index contributed by atoms with van der Waals surface area (Å²) in [6, 6.07) is 17.2. The number of rotatable bonds is 1. The summed E-state index contributed by atoms with van der Waals surface area (Å²) in [4.78, 5) is 0. The zero-order chi connectivity index (χ0) is 14.9. The third-order valence-corrected chi connectivity index (χ3v) is 4.66. The first-order chi connectivity index (χ1) is 10.9. The summed E-state index contributed by atoms with van der Waals surface area (Å²) < 4.78 is 8.40. The minimum absolute atomic E-state index is 0.827. The molecule has 0 atom stereocenters. The predicted molar refractivity (Wildman–Crippen MR) is 91.4 cm³/mol. The fourth-order valence-corrected chi connectivity index (χ4v) is 3.63. The monoisotopic (exact) mass is 291 g/mol. The molecular weight excluding hydrogens is 270 g/mol. The lowest BCUT2D eigenvalue weighted by molar-refractivity contribution is 0.310. The van der Waals surface area contributed by atoms with Crippen molar-refractivity contribution in [2.45, 2.75) is 25.7 Å². The van der Waals surface area contributed by atoms with Gasteiger partial charge in [-0.05, 0) is 48.9 Å². The molecule has 4 rings (SSSR count). The Bertz CT molecular complexity index is 801. The summed E-state index contributed by atoms with van der Waals surface area (Å²) in [5.74, 6) is 1.05. The van der Waals surface area contributed by atoms with Crippen molar-refractivity contribution in [2.75, 3.05) is 6.61 Å². The van der Waals surface area contributed by atoms with Gasteiger partial charge in [-0.2, -0.15) is 0 Å². The molecule has 3 aromatic rings. The van der Waals surface area contributed by atoms with E-state index < -0.39 is 0 Å². The molecule has 2 heteroatoms. The zero-order valence-electron chi connectivity index (χ0n) is 13.0. The molecule has 0 saturated heterocycles. The molecule has 0 saturated carbocycles. The van der Waals surface area contributed by atoms with Crippen molar-refractivity contribution in [1.29, 1.82) is 0 Å². The number of hydrogen-bond donors (Lipinski definition) is 0. The van der Waals surface area contributed by atoms with Crippen molar-refractivity contribution >= 4 is 10.9 Å². The van der Waals surface area contributed by atoms with E-state index in [-0.39, 0.29) is 0 Å². The molecule has 0 N–H and O–H groups in total. The molecule has 0 fully saturated rings. The highest BCUT2D eigenvalue weighted by molar-refractivity contribution is 5.96. The summed E-state index contributed by atoms with van der Waals surface area (Å²) in [6.45, 7) is 0.827. The van der Waals surface area contributed by atoms with Crippen LogP contribution < -0.4 is 4.74 Å². The van der Waals surface area contributed by atoms with E-state index in [0.717, 1.165) is 25.2 Å². The molecule has 2 heterocycles. The lowest BCUT2D eigenvalue weighted by Gasteiger charge is -2.08. The van der Waals surface area contributed by atoms with Crippen molar-refractivity contribution in [3.63, 3.8) is 0 Å². The smallest absolute Gasteiger partial charge is 0.128 e. The number of nitrogens with zero attached hydrogens (tertiary/aromatic N) is 1. The molecule has 1 aliphatic rings.